The van der Waals surface area contributed by atoms with E-state index in [0.717, 1.165) is 72.6 Å². The van der Waals surface area contributed by atoms with E-state index < -0.39 is 0 Å². The second-order valence-electron chi connectivity index (χ2n) is 17.2. The lowest BCUT2D eigenvalue weighted by atomic mass is 9.42. The van der Waals surface area contributed by atoms with E-state index in [1.165, 1.54) is 54.4 Å². The molecule has 13 rings (SSSR count). The highest BCUT2D eigenvalue weighted by atomic mass is 16.3. The molecule has 0 radical (unpaired) electrons. The maximum Gasteiger partial charge on any atom is 0.194 e. The van der Waals surface area contributed by atoms with Gasteiger partial charge in [0.2, 0.25) is 0 Å². The van der Waals surface area contributed by atoms with Crippen LogP contribution in [0.5, 0.6) is 0 Å². The third-order valence-corrected chi connectivity index (χ3v) is 14.2. The average molecular weight is 760 g/mol. The third kappa shape index (κ3) is 5.34. The first-order valence-electron chi connectivity index (χ1n) is 21.1. The molecule has 282 valence electrons. The largest absolute Gasteiger partial charge is 0.456 e. The summed E-state index contributed by atoms with van der Waals surface area (Å²) in [6.07, 6.45) is 6.65. The van der Waals surface area contributed by atoms with Crippen molar-refractivity contribution in [2.24, 2.45) is 23.7 Å². The van der Waals surface area contributed by atoms with Gasteiger partial charge in [0.05, 0.1) is 18.0 Å². The molecule has 0 unspecified atom stereocenters. The number of para-hydroxylation sites is 1. The molecule has 4 saturated carbocycles. The number of fused-ring (bicyclic) bond motifs is 4. The third-order valence-electron chi connectivity index (χ3n) is 14.2. The molecule has 0 N–H and O–H groups in total. The number of hydrogen-bond acceptors (Lipinski definition) is 3. The minimum atomic E-state index is -0.0372. The fraction of sp³-hybridized carbons (Fsp3) is 0.182. The van der Waals surface area contributed by atoms with E-state index in [1.807, 2.05) is 42.5 Å². The van der Waals surface area contributed by atoms with Crippen molar-refractivity contribution in [2.75, 3.05) is 0 Å². The Bertz CT molecular complexity index is 3090. The van der Waals surface area contributed by atoms with Crippen LogP contribution < -0.4 is 0 Å². The highest BCUT2D eigenvalue weighted by Gasteiger charge is 2.58. The fourth-order valence-electron chi connectivity index (χ4n) is 12.0. The molecule has 4 aliphatic rings. The van der Waals surface area contributed by atoms with Crippen LogP contribution in [0.15, 0.2) is 168 Å². The van der Waals surface area contributed by atoms with E-state index in [-0.39, 0.29) is 5.41 Å². The first kappa shape index (κ1) is 34.2. The Balaban J connectivity index is 0.978. The summed E-state index contributed by atoms with van der Waals surface area (Å²) in [5.41, 5.74) is 12.5. The van der Waals surface area contributed by atoms with Gasteiger partial charge in [0.15, 0.2) is 11.5 Å². The normalized spacial score (nSPS) is 21.9. The van der Waals surface area contributed by atoms with Crippen molar-refractivity contribution in [2.45, 2.75) is 37.5 Å². The van der Waals surface area contributed by atoms with Gasteiger partial charge in [-0.1, -0.05) is 146 Å². The molecule has 4 bridgehead atoms. The predicted octanol–water partition coefficient (Wildman–Crippen LogP) is 14.5. The lowest BCUT2D eigenvalue weighted by Crippen LogP contribution is -2.56. The van der Waals surface area contributed by atoms with Crippen LogP contribution in [0, 0.1) is 30.2 Å². The quantitative estimate of drug-likeness (QED) is 0.159. The molecule has 0 saturated heterocycles. The van der Waals surface area contributed by atoms with Crippen molar-refractivity contribution in [3.63, 3.8) is 0 Å². The summed E-state index contributed by atoms with van der Waals surface area (Å²) in [4.78, 5) is 14.4. The Morgan fingerprint density at radius 1 is 0.492 bits per heavy atom. The molecule has 2 aromatic heterocycles. The van der Waals surface area contributed by atoms with E-state index in [0.29, 0.717) is 23.3 Å². The number of furan rings is 1. The van der Waals surface area contributed by atoms with Gasteiger partial charge in [-0.05, 0) is 107 Å². The van der Waals surface area contributed by atoms with Crippen molar-refractivity contribution in [3.05, 3.63) is 186 Å². The van der Waals surface area contributed by atoms with Crippen molar-refractivity contribution < 1.29 is 4.42 Å². The molecule has 4 fully saturated rings. The minimum Gasteiger partial charge on any atom is -0.456 e. The van der Waals surface area contributed by atoms with E-state index >= 15 is 0 Å². The van der Waals surface area contributed by atoms with Crippen LogP contribution in [0.4, 0.5) is 5.69 Å². The van der Waals surface area contributed by atoms with E-state index in [1.54, 1.807) is 0 Å². The summed E-state index contributed by atoms with van der Waals surface area (Å²) < 4.78 is 6.29. The fourth-order valence-corrected chi connectivity index (χ4v) is 12.0. The van der Waals surface area contributed by atoms with Crippen molar-refractivity contribution in [1.29, 1.82) is 0 Å². The summed E-state index contributed by atoms with van der Waals surface area (Å²) in [6, 6.07) is 58.5. The molecule has 7 aromatic carbocycles. The SMILES string of the molecule is [C-]#[N+]c1cccc2c(-c3ccc(C4(c5ccc(-c6cc(-c7ccccc7)nc(-c7cccc8oc9ccccc9c78)n6)cc5)C5CC6CC(C5)CC4C6)cc3)cccc12. The maximum absolute atomic E-state index is 7.74. The summed E-state index contributed by atoms with van der Waals surface area (Å²) >= 11 is 0. The monoisotopic (exact) mass is 759 g/mol. The standard InChI is InChI=1S/C55H41N3O/c1-56-48-17-8-14-44-43(13-7-15-45(44)48)36-20-24-39(25-21-36)55(41-29-34-28-35(31-41)32-42(55)30-34)40-26-22-38(23-27-40)50-33-49(37-10-3-2-4-11-37)57-54(58-50)47-16-9-19-52-53(47)46-12-5-6-18-51(46)59-52/h2-27,33-35,41-42H,28-32H2. The minimum absolute atomic E-state index is 0.0372. The van der Waals surface area contributed by atoms with Gasteiger partial charge in [0.25, 0.3) is 0 Å². The topological polar surface area (TPSA) is 43.3 Å². The molecule has 0 amide bonds. The van der Waals surface area contributed by atoms with Gasteiger partial charge in [0, 0.05) is 32.9 Å². The zero-order valence-corrected chi connectivity index (χ0v) is 32.7. The van der Waals surface area contributed by atoms with Crippen molar-refractivity contribution >= 4 is 38.4 Å². The highest BCUT2D eigenvalue weighted by Crippen LogP contribution is 2.65. The van der Waals surface area contributed by atoms with Gasteiger partial charge in [-0.3, -0.25) is 0 Å². The van der Waals surface area contributed by atoms with Crippen LogP contribution in [-0.2, 0) is 5.41 Å². The Hall–Kier alpha value is -6.83. The molecule has 59 heavy (non-hydrogen) atoms. The second kappa shape index (κ2) is 13.4. The van der Waals surface area contributed by atoms with Gasteiger partial charge in [-0.2, -0.15) is 0 Å². The number of nitrogens with zero attached hydrogens (tertiary/aromatic N) is 3. The molecule has 4 aliphatic carbocycles. The van der Waals surface area contributed by atoms with Gasteiger partial charge >= 0.3 is 0 Å². The molecule has 2 heterocycles. The Labute approximate surface area is 344 Å². The number of rotatable bonds is 6. The van der Waals surface area contributed by atoms with E-state index in [4.69, 9.17) is 21.0 Å². The molecular formula is C55H41N3O. The van der Waals surface area contributed by atoms with Gasteiger partial charge in [0.1, 0.15) is 11.2 Å². The Morgan fingerprint density at radius 2 is 1.05 bits per heavy atom. The summed E-state index contributed by atoms with van der Waals surface area (Å²) in [7, 11) is 0. The van der Waals surface area contributed by atoms with Crippen LogP contribution in [0.1, 0.15) is 43.2 Å². The van der Waals surface area contributed by atoms with Crippen LogP contribution in [-0.4, -0.2) is 9.97 Å². The highest BCUT2D eigenvalue weighted by molar-refractivity contribution is 6.11. The smallest absolute Gasteiger partial charge is 0.194 e. The van der Waals surface area contributed by atoms with Crippen LogP contribution in [0.3, 0.4) is 0 Å². The Morgan fingerprint density at radius 3 is 1.76 bits per heavy atom. The van der Waals surface area contributed by atoms with Gasteiger partial charge in [-0.25, -0.2) is 14.8 Å². The van der Waals surface area contributed by atoms with Crippen LogP contribution in [0.2, 0.25) is 0 Å². The zero-order chi connectivity index (χ0) is 39.1. The first-order chi connectivity index (χ1) is 29.1. The first-order valence-corrected chi connectivity index (χ1v) is 21.1. The van der Waals surface area contributed by atoms with E-state index in [2.05, 4.69) is 126 Å². The van der Waals surface area contributed by atoms with Gasteiger partial charge in [-0.15, -0.1) is 0 Å². The Kier molecular flexibility index (Phi) is 7.75. The number of benzene rings is 7. The maximum atomic E-state index is 7.74. The molecular weight excluding hydrogens is 719 g/mol. The molecule has 4 heteroatoms. The zero-order valence-electron chi connectivity index (χ0n) is 32.7. The van der Waals surface area contributed by atoms with E-state index in [9.17, 15) is 0 Å². The van der Waals surface area contributed by atoms with Crippen molar-refractivity contribution in [1.82, 2.24) is 9.97 Å². The van der Waals surface area contributed by atoms with Gasteiger partial charge < -0.3 is 4.42 Å². The van der Waals surface area contributed by atoms with Crippen LogP contribution >= 0.6 is 0 Å². The lowest BCUT2D eigenvalue weighted by Gasteiger charge is -2.62. The summed E-state index contributed by atoms with van der Waals surface area (Å²) in [6.45, 7) is 7.74. The van der Waals surface area contributed by atoms with Crippen molar-refractivity contribution in [3.8, 4) is 45.0 Å². The summed E-state index contributed by atoms with van der Waals surface area (Å²) in [5.74, 6) is 3.63. The number of hydrogen-bond donors (Lipinski definition) is 0. The molecule has 9 aromatic rings. The van der Waals surface area contributed by atoms with Crippen LogP contribution in [0.25, 0.3) is 82.6 Å². The molecule has 4 nitrogen and oxygen atoms in total. The predicted molar refractivity (Wildman–Crippen MR) is 239 cm³/mol. The second-order valence-corrected chi connectivity index (χ2v) is 17.2. The molecule has 0 atom stereocenters. The molecule has 0 aliphatic heterocycles. The average Bonchev–Trinajstić information content (AvgIpc) is 3.68. The molecule has 0 spiro atoms. The lowest BCUT2D eigenvalue weighted by molar-refractivity contribution is -0.0418. The number of aromatic nitrogens is 2. The summed E-state index contributed by atoms with van der Waals surface area (Å²) in [5, 5.41) is 4.25.